The molecule has 0 bridgehead atoms. The van der Waals surface area contributed by atoms with E-state index in [1.165, 1.54) is 0 Å². The first-order chi connectivity index (χ1) is 14.7. The van der Waals surface area contributed by atoms with Crippen LogP contribution in [0.15, 0.2) is 85.1 Å². The van der Waals surface area contributed by atoms with Gasteiger partial charge in [0.15, 0.2) is 5.82 Å². The SMILES string of the molecule is Nc1n[nH]c2c(-c3cccc(O)c3)ncc(-c3ccc(Oc4ccccc4)cc3)c12. The number of benzene rings is 3. The number of para-hydroxylation sites is 1. The van der Waals surface area contributed by atoms with Crippen molar-refractivity contribution >= 4 is 16.7 Å². The molecule has 0 saturated heterocycles. The number of anilines is 1. The summed E-state index contributed by atoms with van der Waals surface area (Å²) in [6.45, 7) is 0. The van der Waals surface area contributed by atoms with Crippen LogP contribution < -0.4 is 10.5 Å². The third-order valence-corrected chi connectivity index (χ3v) is 4.89. The lowest BCUT2D eigenvalue weighted by atomic mass is 10.0. The standard InChI is InChI=1S/C24H18N4O2/c25-24-21-20(15-9-11-19(12-10-15)30-18-7-2-1-3-8-18)14-26-22(23(21)27-28-24)16-5-4-6-17(29)13-16/h1-14,29H,(H3,25,27,28). The number of hydrogen-bond donors (Lipinski definition) is 3. The van der Waals surface area contributed by atoms with E-state index >= 15 is 0 Å². The minimum Gasteiger partial charge on any atom is -0.508 e. The summed E-state index contributed by atoms with van der Waals surface area (Å²) < 4.78 is 5.87. The van der Waals surface area contributed by atoms with Crippen LogP contribution in [-0.4, -0.2) is 20.3 Å². The summed E-state index contributed by atoms with van der Waals surface area (Å²) in [5.74, 6) is 2.09. The van der Waals surface area contributed by atoms with Crippen molar-refractivity contribution in [3.63, 3.8) is 0 Å². The van der Waals surface area contributed by atoms with Crippen LogP contribution in [0.1, 0.15) is 0 Å². The highest BCUT2D eigenvalue weighted by Crippen LogP contribution is 2.37. The molecule has 0 atom stereocenters. The molecule has 0 aliphatic rings. The molecule has 3 aromatic carbocycles. The zero-order chi connectivity index (χ0) is 20.5. The molecule has 0 aliphatic heterocycles. The van der Waals surface area contributed by atoms with E-state index in [9.17, 15) is 5.11 Å². The number of fused-ring (bicyclic) bond motifs is 1. The average molecular weight is 394 g/mol. The summed E-state index contributed by atoms with van der Waals surface area (Å²) in [4.78, 5) is 4.63. The van der Waals surface area contributed by atoms with Gasteiger partial charge in [-0.3, -0.25) is 10.1 Å². The maximum atomic E-state index is 9.83. The summed E-state index contributed by atoms with van der Waals surface area (Å²) >= 11 is 0. The second kappa shape index (κ2) is 7.25. The van der Waals surface area contributed by atoms with Gasteiger partial charge in [-0.25, -0.2) is 0 Å². The van der Waals surface area contributed by atoms with Crippen molar-refractivity contribution < 1.29 is 9.84 Å². The minimum atomic E-state index is 0.174. The van der Waals surface area contributed by atoms with Gasteiger partial charge in [-0.15, -0.1) is 0 Å². The van der Waals surface area contributed by atoms with Gasteiger partial charge in [-0.05, 0) is 42.0 Å². The maximum absolute atomic E-state index is 9.83. The number of aromatic nitrogens is 3. The molecule has 0 spiro atoms. The predicted molar refractivity (Wildman–Crippen MR) is 117 cm³/mol. The summed E-state index contributed by atoms with van der Waals surface area (Å²) in [7, 11) is 0. The van der Waals surface area contributed by atoms with E-state index in [0.717, 1.165) is 39.1 Å². The highest BCUT2D eigenvalue weighted by Gasteiger charge is 2.16. The molecule has 0 radical (unpaired) electrons. The molecule has 2 heterocycles. The van der Waals surface area contributed by atoms with Crippen LogP contribution in [0.5, 0.6) is 17.2 Å². The Hall–Kier alpha value is -4.32. The smallest absolute Gasteiger partial charge is 0.153 e. The number of nitrogens with zero attached hydrogens (tertiary/aromatic N) is 2. The van der Waals surface area contributed by atoms with Gasteiger partial charge in [-0.2, -0.15) is 5.10 Å². The topological polar surface area (TPSA) is 97.0 Å². The molecule has 0 fully saturated rings. The normalized spacial score (nSPS) is 10.9. The molecule has 6 heteroatoms. The van der Waals surface area contributed by atoms with Crippen LogP contribution in [0.4, 0.5) is 5.82 Å². The van der Waals surface area contributed by atoms with Crippen LogP contribution in [0.2, 0.25) is 0 Å². The molecule has 30 heavy (non-hydrogen) atoms. The fourth-order valence-electron chi connectivity index (χ4n) is 3.48. The fraction of sp³-hybridized carbons (Fsp3) is 0. The van der Waals surface area contributed by atoms with Crippen LogP contribution in [0.25, 0.3) is 33.3 Å². The number of phenolic OH excluding ortho intramolecular Hbond substituents is 1. The number of aromatic hydroxyl groups is 1. The molecule has 2 aromatic heterocycles. The highest BCUT2D eigenvalue weighted by molar-refractivity contribution is 6.06. The molecule has 0 aliphatic carbocycles. The van der Waals surface area contributed by atoms with Crippen molar-refractivity contribution in [3.8, 4) is 39.6 Å². The van der Waals surface area contributed by atoms with E-state index in [1.54, 1.807) is 24.4 Å². The van der Waals surface area contributed by atoms with Gasteiger partial charge >= 0.3 is 0 Å². The van der Waals surface area contributed by atoms with Gasteiger partial charge in [0.25, 0.3) is 0 Å². The van der Waals surface area contributed by atoms with E-state index in [2.05, 4.69) is 15.2 Å². The Balaban J connectivity index is 1.55. The Morgan fingerprint density at radius 1 is 0.833 bits per heavy atom. The summed E-state index contributed by atoms with van der Waals surface area (Å²) in [5, 5.41) is 17.8. The Bertz CT molecular complexity index is 1330. The zero-order valence-corrected chi connectivity index (χ0v) is 15.9. The van der Waals surface area contributed by atoms with E-state index in [0.29, 0.717) is 11.5 Å². The first-order valence-corrected chi connectivity index (χ1v) is 9.44. The number of H-pyrrole nitrogens is 1. The van der Waals surface area contributed by atoms with Gasteiger partial charge in [0, 0.05) is 17.3 Å². The summed E-state index contributed by atoms with van der Waals surface area (Å²) in [5.41, 5.74) is 10.2. The molecule has 0 amide bonds. The predicted octanol–water partition coefficient (Wildman–Crippen LogP) is 5.37. The van der Waals surface area contributed by atoms with Crippen molar-refractivity contribution in [2.45, 2.75) is 0 Å². The van der Waals surface area contributed by atoms with E-state index in [1.807, 2.05) is 60.7 Å². The number of nitrogens with one attached hydrogen (secondary N) is 1. The number of hydrogen-bond acceptors (Lipinski definition) is 5. The molecule has 5 rings (SSSR count). The quantitative estimate of drug-likeness (QED) is 0.381. The number of rotatable bonds is 4. The average Bonchev–Trinajstić information content (AvgIpc) is 3.16. The number of ether oxygens (including phenoxy) is 1. The van der Waals surface area contributed by atoms with E-state index < -0.39 is 0 Å². The lowest BCUT2D eigenvalue weighted by Gasteiger charge is -2.10. The summed E-state index contributed by atoms with van der Waals surface area (Å²) in [6, 6.07) is 24.3. The first kappa shape index (κ1) is 17.8. The minimum absolute atomic E-state index is 0.174. The molecular formula is C24H18N4O2. The molecule has 6 nitrogen and oxygen atoms in total. The lowest BCUT2D eigenvalue weighted by molar-refractivity contribution is 0.475. The first-order valence-electron chi connectivity index (χ1n) is 9.44. The Kier molecular flexibility index (Phi) is 4.29. The van der Waals surface area contributed by atoms with Crippen molar-refractivity contribution in [2.75, 3.05) is 5.73 Å². The fourth-order valence-corrected chi connectivity index (χ4v) is 3.48. The molecule has 0 saturated carbocycles. The molecular weight excluding hydrogens is 376 g/mol. The monoisotopic (exact) mass is 394 g/mol. The second-order valence-electron chi connectivity index (χ2n) is 6.87. The van der Waals surface area contributed by atoms with Crippen LogP contribution >= 0.6 is 0 Å². The lowest BCUT2D eigenvalue weighted by Crippen LogP contribution is -1.91. The van der Waals surface area contributed by atoms with E-state index in [-0.39, 0.29) is 5.75 Å². The van der Waals surface area contributed by atoms with Crippen LogP contribution in [-0.2, 0) is 0 Å². The van der Waals surface area contributed by atoms with Gasteiger partial charge in [0.2, 0.25) is 0 Å². The number of aromatic amines is 1. The Morgan fingerprint density at radius 2 is 1.60 bits per heavy atom. The molecule has 4 N–H and O–H groups in total. The molecule has 0 unspecified atom stereocenters. The Morgan fingerprint density at radius 3 is 2.37 bits per heavy atom. The maximum Gasteiger partial charge on any atom is 0.153 e. The Labute approximate surface area is 172 Å². The zero-order valence-electron chi connectivity index (χ0n) is 15.9. The number of nitrogen functional groups attached to an aromatic ring is 1. The van der Waals surface area contributed by atoms with Gasteiger partial charge < -0.3 is 15.6 Å². The number of pyridine rings is 1. The third kappa shape index (κ3) is 3.20. The number of phenols is 1. The molecule has 5 aromatic rings. The van der Waals surface area contributed by atoms with E-state index in [4.69, 9.17) is 10.5 Å². The van der Waals surface area contributed by atoms with Crippen LogP contribution in [0.3, 0.4) is 0 Å². The van der Waals surface area contributed by atoms with Gasteiger partial charge in [0.05, 0.1) is 16.6 Å². The van der Waals surface area contributed by atoms with Crippen molar-refractivity contribution in [1.82, 2.24) is 15.2 Å². The van der Waals surface area contributed by atoms with Crippen molar-refractivity contribution in [1.29, 1.82) is 0 Å². The van der Waals surface area contributed by atoms with Crippen LogP contribution in [0, 0.1) is 0 Å². The molecule has 146 valence electrons. The third-order valence-electron chi connectivity index (χ3n) is 4.89. The van der Waals surface area contributed by atoms with Crippen molar-refractivity contribution in [3.05, 3.63) is 85.1 Å². The van der Waals surface area contributed by atoms with Gasteiger partial charge in [-0.1, -0.05) is 42.5 Å². The van der Waals surface area contributed by atoms with Gasteiger partial charge in [0.1, 0.15) is 17.2 Å². The number of nitrogens with two attached hydrogens (primary N) is 1. The van der Waals surface area contributed by atoms with Crippen molar-refractivity contribution in [2.24, 2.45) is 0 Å². The largest absolute Gasteiger partial charge is 0.508 e. The second-order valence-corrected chi connectivity index (χ2v) is 6.87. The summed E-state index contributed by atoms with van der Waals surface area (Å²) in [6.07, 6.45) is 1.78. The highest BCUT2D eigenvalue weighted by atomic mass is 16.5.